The van der Waals surface area contributed by atoms with Crippen molar-refractivity contribution in [3.05, 3.63) is 56.7 Å². The van der Waals surface area contributed by atoms with E-state index in [4.69, 9.17) is 11.6 Å². The Morgan fingerprint density at radius 3 is 2.78 bits per heavy atom. The number of hydrogen-bond acceptors (Lipinski definition) is 3. The number of carbonyl (C=O) groups excluding carboxylic acids is 2. The number of urea groups is 1. The van der Waals surface area contributed by atoms with Crippen LogP contribution in [0.1, 0.15) is 28.8 Å². The van der Waals surface area contributed by atoms with E-state index in [1.54, 1.807) is 23.5 Å². The van der Waals surface area contributed by atoms with Gasteiger partial charge in [-0.2, -0.15) is 0 Å². The predicted molar refractivity (Wildman–Crippen MR) is 89.5 cm³/mol. The SMILES string of the molecule is O=C1N[C@@]2(CCCc3sccc32)C(=O)N1Cc1ccc(Cl)cc1. The molecule has 2 aromatic rings. The fourth-order valence-electron chi connectivity index (χ4n) is 3.46. The molecule has 1 spiro atoms. The zero-order valence-electron chi connectivity index (χ0n) is 12.3. The molecule has 3 amide bonds. The van der Waals surface area contributed by atoms with Gasteiger partial charge in [0.2, 0.25) is 0 Å². The van der Waals surface area contributed by atoms with Crippen LogP contribution in [0.4, 0.5) is 4.79 Å². The summed E-state index contributed by atoms with van der Waals surface area (Å²) < 4.78 is 0. The summed E-state index contributed by atoms with van der Waals surface area (Å²) in [5.74, 6) is -0.142. The highest BCUT2D eigenvalue weighted by molar-refractivity contribution is 7.10. The molecule has 1 aromatic carbocycles. The quantitative estimate of drug-likeness (QED) is 0.843. The van der Waals surface area contributed by atoms with E-state index in [2.05, 4.69) is 5.32 Å². The Hall–Kier alpha value is -1.85. The maximum atomic E-state index is 13.0. The Labute approximate surface area is 143 Å². The molecule has 1 aliphatic heterocycles. The lowest BCUT2D eigenvalue weighted by Gasteiger charge is -2.31. The van der Waals surface area contributed by atoms with Crippen LogP contribution in [-0.2, 0) is 23.3 Å². The van der Waals surface area contributed by atoms with Crippen LogP contribution in [0.5, 0.6) is 0 Å². The van der Waals surface area contributed by atoms with Crippen molar-refractivity contribution in [3.63, 3.8) is 0 Å². The van der Waals surface area contributed by atoms with Crippen LogP contribution in [0.25, 0.3) is 0 Å². The number of nitrogens with zero attached hydrogens (tertiary/aromatic N) is 1. The van der Waals surface area contributed by atoms with Gasteiger partial charge >= 0.3 is 6.03 Å². The number of halogens is 1. The number of hydrogen-bond donors (Lipinski definition) is 1. The van der Waals surface area contributed by atoms with Gasteiger partial charge in [0.15, 0.2) is 0 Å². The van der Waals surface area contributed by atoms with Crippen molar-refractivity contribution >= 4 is 34.9 Å². The highest BCUT2D eigenvalue weighted by Crippen LogP contribution is 2.42. The molecule has 0 radical (unpaired) electrons. The smallest absolute Gasteiger partial charge is 0.319 e. The van der Waals surface area contributed by atoms with Gasteiger partial charge in [-0.15, -0.1) is 11.3 Å². The third-order valence-electron chi connectivity index (χ3n) is 4.59. The second-order valence-corrected chi connectivity index (χ2v) is 7.40. The molecule has 6 heteroatoms. The second-order valence-electron chi connectivity index (χ2n) is 5.96. The molecule has 1 saturated heterocycles. The fraction of sp³-hybridized carbons (Fsp3) is 0.294. The molecule has 2 heterocycles. The number of aryl methyl sites for hydroxylation is 1. The molecule has 1 aromatic heterocycles. The molecular weight excluding hydrogens is 332 g/mol. The Balaban J connectivity index is 1.66. The minimum atomic E-state index is -0.864. The lowest BCUT2D eigenvalue weighted by atomic mass is 9.80. The Morgan fingerprint density at radius 1 is 1.22 bits per heavy atom. The normalized spacial score (nSPS) is 23.3. The van der Waals surface area contributed by atoms with Crippen molar-refractivity contribution in [1.29, 1.82) is 0 Å². The van der Waals surface area contributed by atoms with Crippen molar-refractivity contribution in [1.82, 2.24) is 10.2 Å². The summed E-state index contributed by atoms with van der Waals surface area (Å²) in [6.07, 6.45) is 2.56. The largest absolute Gasteiger partial charge is 0.325 e. The molecular formula is C17H15ClN2O2S. The first-order valence-corrected chi connectivity index (χ1v) is 8.81. The molecule has 118 valence electrons. The van der Waals surface area contributed by atoms with E-state index in [1.807, 2.05) is 23.6 Å². The average Bonchev–Trinajstić information content (AvgIpc) is 3.10. The van der Waals surface area contributed by atoms with Gasteiger partial charge in [-0.3, -0.25) is 9.69 Å². The molecule has 1 atom stereocenters. The highest BCUT2D eigenvalue weighted by atomic mass is 35.5. The van der Waals surface area contributed by atoms with Crippen LogP contribution < -0.4 is 5.32 Å². The summed E-state index contributed by atoms with van der Waals surface area (Å²) in [7, 11) is 0. The molecule has 1 fully saturated rings. The molecule has 0 saturated carbocycles. The number of benzene rings is 1. The summed E-state index contributed by atoms with van der Waals surface area (Å²) in [4.78, 5) is 28.0. The van der Waals surface area contributed by atoms with Gasteiger partial charge in [0.05, 0.1) is 6.54 Å². The van der Waals surface area contributed by atoms with E-state index >= 15 is 0 Å². The third-order valence-corrected chi connectivity index (χ3v) is 5.82. The summed E-state index contributed by atoms with van der Waals surface area (Å²) in [6, 6.07) is 8.87. The number of rotatable bonds is 2. The summed E-state index contributed by atoms with van der Waals surface area (Å²) >= 11 is 7.55. The van der Waals surface area contributed by atoms with Gasteiger partial charge in [-0.1, -0.05) is 23.7 Å². The van der Waals surface area contributed by atoms with E-state index in [0.717, 1.165) is 24.0 Å². The monoisotopic (exact) mass is 346 g/mol. The summed E-state index contributed by atoms with van der Waals surface area (Å²) in [5.41, 5.74) is 0.999. The molecule has 4 rings (SSSR count). The first-order valence-electron chi connectivity index (χ1n) is 7.55. The van der Waals surface area contributed by atoms with Gasteiger partial charge in [-0.05, 0) is 48.4 Å². The lowest BCUT2D eigenvalue weighted by molar-refractivity contribution is -0.132. The van der Waals surface area contributed by atoms with E-state index in [1.165, 1.54) is 9.78 Å². The number of imide groups is 1. The first kappa shape index (κ1) is 14.7. The van der Waals surface area contributed by atoms with Crippen LogP contribution in [0.2, 0.25) is 5.02 Å². The zero-order chi connectivity index (χ0) is 16.0. The van der Waals surface area contributed by atoms with Gasteiger partial charge in [0.25, 0.3) is 5.91 Å². The van der Waals surface area contributed by atoms with Gasteiger partial charge in [0.1, 0.15) is 5.54 Å². The second kappa shape index (κ2) is 5.35. The molecule has 2 aliphatic rings. The number of amides is 3. The van der Waals surface area contributed by atoms with E-state index in [0.29, 0.717) is 11.4 Å². The van der Waals surface area contributed by atoms with E-state index in [-0.39, 0.29) is 18.5 Å². The van der Waals surface area contributed by atoms with E-state index in [9.17, 15) is 9.59 Å². The fourth-order valence-corrected chi connectivity index (χ4v) is 4.58. The maximum Gasteiger partial charge on any atom is 0.325 e. The minimum Gasteiger partial charge on any atom is -0.319 e. The minimum absolute atomic E-state index is 0.142. The Bertz CT molecular complexity index is 786. The first-order chi connectivity index (χ1) is 11.1. The molecule has 0 unspecified atom stereocenters. The Morgan fingerprint density at radius 2 is 2.00 bits per heavy atom. The number of carbonyl (C=O) groups is 2. The molecule has 23 heavy (non-hydrogen) atoms. The van der Waals surface area contributed by atoms with Crippen LogP contribution in [0.3, 0.4) is 0 Å². The van der Waals surface area contributed by atoms with Crippen LogP contribution >= 0.6 is 22.9 Å². The van der Waals surface area contributed by atoms with Crippen molar-refractivity contribution in [2.45, 2.75) is 31.3 Å². The van der Waals surface area contributed by atoms with Crippen molar-refractivity contribution < 1.29 is 9.59 Å². The predicted octanol–water partition coefficient (Wildman–Crippen LogP) is 3.69. The number of fused-ring (bicyclic) bond motifs is 2. The topological polar surface area (TPSA) is 49.4 Å². The van der Waals surface area contributed by atoms with Crippen LogP contribution in [0.15, 0.2) is 35.7 Å². The average molecular weight is 347 g/mol. The third kappa shape index (κ3) is 2.26. The van der Waals surface area contributed by atoms with Crippen LogP contribution in [0, 0.1) is 0 Å². The van der Waals surface area contributed by atoms with Gasteiger partial charge in [0, 0.05) is 15.5 Å². The molecule has 4 nitrogen and oxygen atoms in total. The molecule has 1 N–H and O–H groups in total. The number of thiophene rings is 1. The standard InChI is InChI=1S/C17H15ClN2O2S/c18-12-5-3-11(4-6-12)10-20-15(21)17(19-16(20)22)8-1-2-14-13(17)7-9-23-14/h3-7,9H,1-2,8,10H2,(H,19,22)/t17-/m1/s1. The maximum absolute atomic E-state index is 13.0. The van der Waals surface area contributed by atoms with Gasteiger partial charge in [-0.25, -0.2) is 4.79 Å². The number of nitrogens with one attached hydrogen (secondary N) is 1. The van der Waals surface area contributed by atoms with E-state index < -0.39 is 5.54 Å². The van der Waals surface area contributed by atoms with Gasteiger partial charge < -0.3 is 5.32 Å². The van der Waals surface area contributed by atoms with Crippen molar-refractivity contribution in [3.8, 4) is 0 Å². The highest BCUT2D eigenvalue weighted by Gasteiger charge is 2.54. The molecule has 1 aliphatic carbocycles. The lowest BCUT2D eigenvalue weighted by Crippen LogP contribution is -2.46. The molecule has 0 bridgehead atoms. The van der Waals surface area contributed by atoms with Crippen molar-refractivity contribution in [2.75, 3.05) is 0 Å². The summed E-state index contributed by atoms with van der Waals surface area (Å²) in [6.45, 7) is 0.267. The van der Waals surface area contributed by atoms with Crippen molar-refractivity contribution in [2.24, 2.45) is 0 Å². The summed E-state index contributed by atoms with van der Waals surface area (Å²) in [5, 5.41) is 5.60. The van der Waals surface area contributed by atoms with Crippen LogP contribution in [-0.4, -0.2) is 16.8 Å². The zero-order valence-corrected chi connectivity index (χ0v) is 13.9. The Kier molecular flexibility index (Phi) is 3.43.